The molecule has 0 radical (unpaired) electrons. The summed E-state index contributed by atoms with van der Waals surface area (Å²) in [7, 11) is 0. The Labute approximate surface area is 81.3 Å². The summed E-state index contributed by atoms with van der Waals surface area (Å²) >= 11 is 0. The molecular weight excluding hydrogens is 180 g/mol. The average molecular weight is 190 g/mol. The molecule has 1 fully saturated rings. The maximum absolute atomic E-state index is 7.81. The molecule has 1 aromatic carbocycles. The first kappa shape index (κ1) is 7.82. The van der Waals surface area contributed by atoms with Crippen LogP contribution in [-0.4, -0.2) is 24.7 Å². The number of anilines is 1. The number of nitrogens with one attached hydrogen (secondary N) is 2. The normalized spacial score (nSPS) is 21.9. The molecule has 14 heavy (non-hydrogen) atoms. The van der Waals surface area contributed by atoms with E-state index in [9.17, 15) is 0 Å². The van der Waals surface area contributed by atoms with E-state index in [1.165, 1.54) is 0 Å². The molecule has 4 nitrogen and oxygen atoms in total. The summed E-state index contributed by atoms with van der Waals surface area (Å²) in [4.78, 5) is 0. The van der Waals surface area contributed by atoms with Gasteiger partial charge in [0.2, 0.25) is 5.60 Å². The maximum atomic E-state index is 7.81. The van der Waals surface area contributed by atoms with Crippen molar-refractivity contribution in [3.8, 4) is 5.75 Å². The topological polar surface area (TPSA) is 54.3 Å². The smallest absolute Gasteiger partial charge is 0.211 e. The van der Waals surface area contributed by atoms with E-state index in [-0.39, 0.29) is 0 Å². The van der Waals surface area contributed by atoms with Crippen molar-refractivity contribution in [2.45, 2.75) is 5.60 Å². The first-order valence-corrected chi connectivity index (χ1v) is 4.52. The van der Waals surface area contributed by atoms with Crippen LogP contribution in [0.3, 0.4) is 0 Å². The van der Waals surface area contributed by atoms with Gasteiger partial charge in [-0.2, -0.15) is 0 Å². The Balaban J connectivity index is 2.03. The summed E-state index contributed by atoms with van der Waals surface area (Å²) < 4.78 is 10.9. The summed E-state index contributed by atoms with van der Waals surface area (Å²) in [6.07, 6.45) is 0. The van der Waals surface area contributed by atoms with Gasteiger partial charge in [0.05, 0.1) is 18.9 Å². The Morgan fingerprint density at radius 2 is 2.07 bits per heavy atom. The predicted molar refractivity (Wildman–Crippen MR) is 52.0 cm³/mol. The van der Waals surface area contributed by atoms with E-state index in [2.05, 4.69) is 5.32 Å². The zero-order valence-electron chi connectivity index (χ0n) is 7.54. The Morgan fingerprint density at radius 1 is 1.29 bits per heavy atom. The number of rotatable bonds is 0. The fourth-order valence-corrected chi connectivity index (χ4v) is 1.66. The number of ether oxygens (including phenoxy) is 2. The molecule has 72 valence electrons. The third kappa shape index (κ3) is 0.886. The van der Waals surface area contributed by atoms with Crippen LogP contribution < -0.4 is 10.1 Å². The zero-order valence-corrected chi connectivity index (χ0v) is 7.54. The van der Waals surface area contributed by atoms with Crippen molar-refractivity contribution in [2.24, 2.45) is 0 Å². The SMILES string of the molecule is N=C1Nc2ccccc2OC12COC2. The molecule has 0 saturated carbocycles. The van der Waals surface area contributed by atoms with E-state index < -0.39 is 5.60 Å². The molecule has 1 spiro atoms. The highest BCUT2D eigenvalue weighted by Crippen LogP contribution is 2.36. The van der Waals surface area contributed by atoms with E-state index in [4.69, 9.17) is 14.9 Å². The van der Waals surface area contributed by atoms with Crippen molar-refractivity contribution in [1.82, 2.24) is 0 Å². The number of fused-ring (bicyclic) bond motifs is 1. The average Bonchev–Trinajstić information content (AvgIpc) is 2.14. The van der Waals surface area contributed by atoms with E-state index in [0.717, 1.165) is 11.4 Å². The molecule has 2 heterocycles. The molecule has 1 aromatic rings. The molecule has 2 N–H and O–H groups in total. The van der Waals surface area contributed by atoms with Crippen LogP contribution in [0.25, 0.3) is 0 Å². The standard InChI is InChI=1S/C10H10N2O2/c11-9-10(5-13-6-10)14-8-4-2-1-3-7(8)12-9/h1-4H,5-6H2,(H2,11,12). The molecule has 2 aliphatic heterocycles. The van der Waals surface area contributed by atoms with Crippen LogP contribution in [0, 0.1) is 5.41 Å². The molecule has 0 amide bonds. The summed E-state index contributed by atoms with van der Waals surface area (Å²) in [5.41, 5.74) is 0.309. The fraction of sp³-hybridized carbons (Fsp3) is 0.300. The number of hydrogen-bond acceptors (Lipinski definition) is 3. The Hall–Kier alpha value is -1.55. The molecule has 3 rings (SSSR count). The summed E-state index contributed by atoms with van der Waals surface area (Å²) in [6, 6.07) is 7.63. The Bertz CT molecular complexity index is 399. The van der Waals surface area contributed by atoms with Gasteiger partial charge in [-0.3, -0.25) is 5.41 Å². The maximum Gasteiger partial charge on any atom is 0.211 e. The molecule has 0 aromatic heterocycles. The van der Waals surface area contributed by atoms with Gasteiger partial charge in [-0.15, -0.1) is 0 Å². The van der Waals surface area contributed by atoms with E-state index in [0.29, 0.717) is 19.0 Å². The summed E-state index contributed by atoms with van der Waals surface area (Å²) in [5, 5.41) is 10.8. The quantitative estimate of drug-likeness (QED) is 0.647. The zero-order chi connectivity index (χ0) is 9.60. The molecule has 2 aliphatic rings. The van der Waals surface area contributed by atoms with Crippen LogP contribution in [0.4, 0.5) is 5.69 Å². The van der Waals surface area contributed by atoms with Crippen LogP contribution in [-0.2, 0) is 4.74 Å². The van der Waals surface area contributed by atoms with Gasteiger partial charge in [-0.05, 0) is 12.1 Å². The minimum Gasteiger partial charge on any atom is -0.472 e. The van der Waals surface area contributed by atoms with Gasteiger partial charge >= 0.3 is 0 Å². The summed E-state index contributed by atoms with van der Waals surface area (Å²) in [6.45, 7) is 0.931. The number of hydrogen-bond donors (Lipinski definition) is 2. The molecule has 0 bridgehead atoms. The molecule has 0 unspecified atom stereocenters. The lowest BCUT2D eigenvalue weighted by Gasteiger charge is -2.44. The highest BCUT2D eigenvalue weighted by atomic mass is 16.6. The van der Waals surface area contributed by atoms with E-state index in [1.807, 2.05) is 24.3 Å². The van der Waals surface area contributed by atoms with Gasteiger partial charge in [0.1, 0.15) is 11.6 Å². The third-order valence-corrected chi connectivity index (χ3v) is 2.58. The number of para-hydroxylation sites is 2. The molecule has 0 aliphatic carbocycles. The molecule has 0 atom stereocenters. The number of benzene rings is 1. The van der Waals surface area contributed by atoms with Crippen LogP contribution in [0.5, 0.6) is 5.75 Å². The number of amidine groups is 1. The minimum absolute atomic E-state index is 0.391. The van der Waals surface area contributed by atoms with Crippen molar-refractivity contribution in [3.05, 3.63) is 24.3 Å². The largest absolute Gasteiger partial charge is 0.472 e. The van der Waals surface area contributed by atoms with Gasteiger partial charge in [0.25, 0.3) is 0 Å². The van der Waals surface area contributed by atoms with Crippen molar-refractivity contribution in [3.63, 3.8) is 0 Å². The van der Waals surface area contributed by atoms with Gasteiger partial charge in [-0.25, -0.2) is 0 Å². The first-order chi connectivity index (χ1) is 6.80. The van der Waals surface area contributed by atoms with Crippen LogP contribution in [0.1, 0.15) is 0 Å². The Morgan fingerprint density at radius 3 is 2.79 bits per heavy atom. The lowest BCUT2D eigenvalue weighted by Crippen LogP contribution is -2.63. The molecule has 1 saturated heterocycles. The van der Waals surface area contributed by atoms with Crippen LogP contribution in [0.15, 0.2) is 24.3 Å². The van der Waals surface area contributed by atoms with Crippen molar-refractivity contribution >= 4 is 11.5 Å². The van der Waals surface area contributed by atoms with Crippen molar-refractivity contribution in [2.75, 3.05) is 18.5 Å². The van der Waals surface area contributed by atoms with Gasteiger partial charge < -0.3 is 14.8 Å². The lowest BCUT2D eigenvalue weighted by molar-refractivity contribution is -0.120. The second-order valence-corrected chi connectivity index (χ2v) is 3.59. The van der Waals surface area contributed by atoms with Crippen LogP contribution >= 0.6 is 0 Å². The first-order valence-electron chi connectivity index (χ1n) is 4.52. The minimum atomic E-state index is -0.547. The van der Waals surface area contributed by atoms with E-state index >= 15 is 0 Å². The van der Waals surface area contributed by atoms with Crippen molar-refractivity contribution in [1.29, 1.82) is 5.41 Å². The second-order valence-electron chi connectivity index (χ2n) is 3.59. The van der Waals surface area contributed by atoms with Gasteiger partial charge in [0.15, 0.2) is 0 Å². The highest BCUT2D eigenvalue weighted by molar-refractivity contribution is 6.03. The lowest BCUT2D eigenvalue weighted by atomic mass is 9.98. The third-order valence-electron chi connectivity index (χ3n) is 2.58. The second kappa shape index (κ2) is 2.48. The predicted octanol–water partition coefficient (Wildman–Crippen LogP) is 1.24. The summed E-state index contributed by atoms with van der Waals surface area (Å²) in [5.74, 6) is 1.19. The highest BCUT2D eigenvalue weighted by Gasteiger charge is 2.48. The van der Waals surface area contributed by atoms with Crippen LogP contribution in [0.2, 0.25) is 0 Å². The van der Waals surface area contributed by atoms with Gasteiger partial charge in [-0.1, -0.05) is 12.1 Å². The monoisotopic (exact) mass is 190 g/mol. The van der Waals surface area contributed by atoms with E-state index in [1.54, 1.807) is 0 Å². The van der Waals surface area contributed by atoms with Gasteiger partial charge in [0, 0.05) is 0 Å². The molecule has 4 heteroatoms. The fourth-order valence-electron chi connectivity index (χ4n) is 1.66. The molecular formula is C10H10N2O2. The Kier molecular flexibility index (Phi) is 1.39. The van der Waals surface area contributed by atoms with Crippen molar-refractivity contribution < 1.29 is 9.47 Å².